The molecule has 1 aliphatic carbocycles. The van der Waals surface area contributed by atoms with Crippen molar-refractivity contribution in [1.82, 2.24) is 0 Å². The average Bonchev–Trinajstić information content (AvgIpc) is 3.15. The predicted molar refractivity (Wildman–Crippen MR) is 94.1 cm³/mol. The summed E-state index contributed by atoms with van der Waals surface area (Å²) in [5, 5.41) is 11.4. The van der Waals surface area contributed by atoms with Gasteiger partial charge in [0.25, 0.3) is 0 Å². The summed E-state index contributed by atoms with van der Waals surface area (Å²) in [5.74, 6) is 7.05. The molecule has 132 valence electrons. The van der Waals surface area contributed by atoms with Crippen molar-refractivity contribution >= 4 is 0 Å². The second-order valence-corrected chi connectivity index (χ2v) is 7.29. The van der Waals surface area contributed by atoms with Crippen LogP contribution in [0.2, 0.25) is 0 Å². The largest absolute Gasteiger partial charge is 1.00 e. The lowest BCUT2D eigenvalue weighted by atomic mass is 9.78. The van der Waals surface area contributed by atoms with Crippen LogP contribution < -0.4 is 17.3 Å². The van der Waals surface area contributed by atoms with Crippen molar-refractivity contribution in [3.8, 4) is 11.8 Å². The van der Waals surface area contributed by atoms with Crippen LogP contribution in [-0.2, 0) is 5.60 Å². The van der Waals surface area contributed by atoms with E-state index < -0.39 is 5.60 Å². The number of nitrogens with one attached hydrogen (secondary N) is 1. The summed E-state index contributed by atoms with van der Waals surface area (Å²) in [6.07, 6.45) is 9.38. The minimum Gasteiger partial charge on any atom is -1.00 e. The number of aliphatic hydroxyl groups is 1. The highest BCUT2D eigenvalue weighted by Gasteiger charge is 2.39. The van der Waals surface area contributed by atoms with E-state index in [0.29, 0.717) is 12.3 Å². The lowest BCUT2D eigenvalue weighted by Crippen LogP contribution is -3.12. The first-order valence-corrected chi connectivity index (χ1v) is 9.36. The Bertz CT molecular complexity index is 538. The van der Waals surface area contributed by atoms with Gasteiger partial charge in [0.1, 0.15) is 12.1 Å². The molecule has 24 heavy (non-hydrogen) atoms. The highest BCUT2D eigenvalue weighted by atomic mass is 35.5. The maximum Gasteiger partial charge on any atom is 0.139 e. The standard InChI is InChI=1S/C21H29NO.ClH/c23-21(20-13-5-6-14-20,19-11-3-1-4-12-19)15-7-10-18-22-16-8-2-9-17-22;/h1,3-4,11-12,20,23H,2,5-6,8-9,13-18H2;1H. The third-order valence-electron chi connectivity index (χ3n) is 5.69. The van der Waals surface area contributed by atoms with Crippen LogP contribution in [0.4, 0.5) is 0 Å². The maximum atomic E-state index is 11.4. The monoisotopic (exact) mass is 347 g/mol. The Labute approximate surface area is 153 Å². The van der Waals surface area contributed by atoms with Gasteiger partial charge in [-0.15, -0.1) is 0 Å². The van der Waals surface area contributed by atoms with Crippen LogP contribution in [0.3, 0.4) is 0 Å². The first-order chi connectivity index (χ1) is 11.3. The van der Waals surface area contributed by atoms with Gasteiger partial charge in [-0.25, -0.2) is 0 Å². The van der Waals surface area contributed by atoms with Crippen molar-refractivity contribution in [2.45, 2.75) is 57.0 Å². The van der Waals surface area contributed by atoms with Gasteiger partial charge in [-0.3, -0.25) is 0 Å². The zero-order valence-electron chi connectivity index (χ0n) is 14.6. The van der Waals surface area contributed by atoms with Crippen LogP contribution in [0.15, 0.2) is 30.3 Å². The SMILES string of the molecule is OC(CC#CC[NH+]1CCCCC1)(c1ccccc1)C1CCCC1.[Cl-]. The Balaban J connectivity index is 0.00000208. The fourth-order valence-electron chi connectivity index (χ4n) is 4.23. The van der Waals surface area contributed by atoms with Crippen molar-refractivity contribution in [3.05, 3.63) is 35.9 Å². The summed E-state index contributed by atoms with van der Waals surface area (Å²) in [4.78, 5) is 1.62. The molecule has 1 atom stereocenters. The minimum absolute atomic E-state index is 0. The van der Waals surface area contributed by atoms with Crippen LogP contribution >= 0.6 is 0 Å². The first-order valence-electron chi connectivity index (χ1n) is 9.36. The van der Waals surface area contributed by atoms with Gasteiger partial charge >= 0.3 is 0 Å². The van der Waals surface area contributed by atoms with E-state index in [0.717, 1.165) is 24.9 Å². The van der Waals surface area contributed by atoms with E-state index >= 15 is 0 Å². The van der Waals surface area contributed by atoms with Crippen LogP contribution in [-0.4, -0.2) is 24.7 Å². The Morgan fingerprint density at radius 1 is 0.958 bits per heavy atom. The molecular weight excluding hydrogens is 318 g/mol. The van der Waals surface area contributed by atoms with Gasteiger partial charge in [0.05, 0.1) is 13.1 Å². The van der Waals surface area contributed by atoms with E-state index in [4.69, 9.17) is 0 Å². The second-order valence-electron chi connectivity index (χ2n) is 7.29. The van der Waals surface area contributed by atoms with E-state index in [-0.39, 0.29) is 12.4 Å². The Morgan fingerprint density at radius 3 is 2.29 bits per heavy atom. The molecule has 2 fully saturated rings. The third kappa shape index (κ3) is 4.76. The number of hydrogen-bond donors (Lipinski definition) is 2. The summed E-state index contributed by atoms with van der Waals surface area (Å²) in [6, 6.07) is 10.2. The van der Waals surface area contributed by atoms with Gasteiger partial charge in [0.15, 0.2) is 0 Å². The maximum absolute atomic E-state index is 11.4. The molecule has 3 rings (SSSR count). The third-order valence-corrected chi connectivity index (χ3v) is 5.69. The van der Waals surface area contributed by atoms with E-state index in [9.17, 15) is 5.11 Å². The molecule has 1 aromatic rings. The number of benzene rings is 1. The highest BCUT2D eigenvalue weighted by molar-refractivity contribution is 5.26. The summed E-state index contributed by atoms with van der Waals surface area (Å²) in [6.45, 7) is 3.47. The molecule has 2 N–H and O–H groups in total. The molecule has 0 amide bonds. The van der Waals surface area contributed by atoms with Crippen LogP contribution in [0.1, 0.15) is 56.9 Å². The van der Waals surface area contributed by atoms with Crippen molar-refractivity contribution in [3.63, 3.8) is 0 Å². The Kier molecular flexibility index (Phi) is 7.62. The number of halogens is 1. The molecule has 1 heterocycles. The average molecular weight is 348 g/mol. The Morgan fingerprint density at radius 2 is 1.62 bits per heavy atom. The number of piperidine rings is 1. The number of hydrogen-bond acceptors (Lipinski definition) is 1. The molecule has 0 bridgehead atoms. The van der Waals surface area contributed by atoms with E-state index in [2.05, 4.69) is 24.0 Å². The summed E-state index contributed by atoms with van der Waals surface area (Å²) in [5.41, 5.74) is 0.286. The smallest absolute Gasteiger partial charge is 0.139 e. The molecule has 2 nitrogen and oxygen atoms in total. The van der Waals surface area contributed by atoms with Crippen molar-refractivity contribution in [2.24, 2.45) is 5.92 Å². The van der Waals surface area contributed by atoms with Gasteiger partial charge < -0.3 is 22.4 Å². The quantitative estimate of drug-likeness (QED) is 0.707. The Hall–Kier alpha value is -1.01. The van der Waals surface area contributed by atoms with Crippen molar-refractivity contribution in [1.29, 1.82) is 0 Å². The molecule has 0 radical (unpaired) electrons. The number of rotatable bonds is 4. The lowest BCUT2D eigenvalue weighted by molar-refractivity contribution is -0.897. The molecule has 1 aliphatic heterocycles. The zero-order chi connectivity index (χ0) is 16.0. The summed E-state index contributed by atoms with van der Waals surface area (Å²) >= 11 is 0. The highest BCUT2D eigenvalue weighted by Crippen LogP contribution is 2.42. The van der Waals surface area contributed by atoms with Crippen LogP contribution in [0, 0.1) is 17.8 Å². The van der Waals surface area contributed by atoms with Gasteiger partial charge in [0.2, 0.25) is 0 Å². The van der Waals surface area contributed by atoms with Gasteiger partial charge in [0, 0.05) is 6.42 Å². The molecule has 1 saturated carbocycles. The molecule has 0 aromatic heterocycles. The number of likely N-dealkylation sites (tertiary alicyclic amines) is 1. The van der Waals surface area contributed by atoms with Crippen molar-refractivity contribution in [2.75, 3.05) is 19.6 Å². The molecule has 1 saturated heterocycles. The van der Waals surface area contributed by atoms with E-state index in [1.165, 1.54) is 45.2 Å². The topological polar surface area (TPSA) is 24.7 Å². The van der Waals surface area contributed by atoms with Gasteiger partial charge in [-0.2, -0.15) is 0 Å². The van der Waals surface area contributed by atoms with E-state index in [1.54, 1.807) is 4.90 Å². The van der Waals surface area contributed by atoms with Gasteiger partial charge in [-0.05, 0) is 49.5 Å². The molecule has 1 unspecified atom stereocenters. The molecule has 2 aliphatic rings. The zero-order valence-corrected chi connectivity index (χ0v) is 15.3. The van der Waals surface area contributed by atoms with Crippen molar-refractivity contribution < 1.29 is 22.4 Å². The minimum atomic E-state index is -0.762. The summed E-state index contributed by atoms with van der Waals surface area (Å²) in [7, 11) is 0. The number of quaternary nitrogens is 1. The molecule has 0 spiro atoms. The van der Waals surface area contributed by atoms with E-state index in [1.807, 2.05) is 18.2 Å². The molecule has 1 aromatic carbocycles. The molecular formula is C21H30ClNO. The molecule has 3 heteroatoms. The van der Waals surface area contributed by atoms with Gasteiger partial charge in [-0.1, -0.05) is 49.1 Å². The second kappa shape index (κ2) is 9.47. The summed E-state index contributed by atoms with van der Waals surface area (Å²) < 4.78 is 0. The fourth-order valence-corrected chi connectivity index (χ4v) is 4.23. The van der Waals surface area contributed by atoms with Crippen LogP contribution in [0.25, 0.3) is 0 Å². The lowest BCUT2D eigenvalue weighted by Gasteiger charge is -2.33. The van der Waals surface area contributed by atoms with Crippen LogP contribution in [0.5, 0.6) is 0 Å². The fraction of sp³-hybridized carbons (Fsp3) is 0.619. The first kappa shape index (κ1) is 19.3. The predicted octanol–water partition coefficient (Wildman–Crippen LogP) is -0.469. The normalized spacial score (nSPS) is 21.4.